The van der Waals surface area contributed by atoms with Crippen LogP contribution in [-0.2, 0) is 0 Å². The minimum absolute atomic E-state index is 0.900. The van der Waals surface area contributed by atoms with Crippen LogP contribution in [0.5, 0.6) is 0 Å². The maximum Gasteiger partial charge on any atom is 0.0452 e. The molecule has 2 N–H and O–H groups in total. The quantitative estimate of drug-likeness (QED) is 0.473. The molecule has 1 aromatic carbocycles. The van der Waals surface area contributed by atoms with E-state index in [0.717, 1.165) is 11.4 Å². The van der Waals surface area contributed by atoms with Crippen molar-refractivity contribution in [2.24, 2.45) is 0 Å². The fraction of sp³-hybridized carbons (Fsp3) is 0.400. The van der Waals surface area contributed by atoms with Crippen LogP contribution in [0.3, 0.4) is 0 Å². The van der Waals surface area contributed by atoms with Gasteiger partial charge in [-0.1, -0.05) is 6.07 Å². The highest BCUT2D eigenvalue weighted by Gasteiger charge is 1.99. The molecule has 0 amide bonds. The lowest BCUT2D eigenvalue weighted by atomic mass is 10.2. The number of anilines is 1. The number of thioether (sulfide) groups is 2. The molecule has 1 rings (SSSR count). The van der Waals surface area contributed by atoms with Gasteiger partial charge in [0.1, 0.15) is 0 Å². The second kappa shape index (κ2) is 5.45. The molecule has 72 valence electrons. The molecule has 0 atom stereocenters. The molecule has 1 nitrogen and oxygen atoms in total. The molecule has 0 aliphatic carbocycles. The van der Waals surface area contributed by atoms with Gasteiger partial charge < -0.3 is 5.73 Å². The number of nitrogens with two attached hydrogens (primary N) is 1. The monoisotopic (exact) mass is 213 g/mol. The van der Waals surface area contributed by atoms with Crippen molar-refractivity contribution < 1.29 is 0 Å². The zero-order valence-corrected chi connectivity index (χ0v) is 9.67. The summed E-state index contributed by atoms with van der Waals surface area (Å²) in [6.45, 7) is 2.10. The molecule has 0 spiro atoms. The molecule has 0 aliphatic rings. The smallest absolute Gasteiger partial charge is 0.0452 e. The van der Waals surface area contributed by atoms with Crippen molar-refractivity contribution in [1.82, 2.24) is 0 Å². The highest BCUT2D eigenvalue weighted by atomic mass is 32.2. The Kier molecular flexibility index (Phi) is 4.53. The maximum absolute atomic E-state index is 5.84. The lowest BCUT2D eigenvalue weighted by molar-refractivity contribution is 1.36. The molecule has 0 bridgehead atoms. The lowest BCUT2D eigenvalue weighted by Crippen LogP contribution is -1.91. The number of aryl methyl sites for hydroxylation is 1. The Morgan fingerprint density at radius 1 is 1.31 bits per heavy atom. The molecule has 0 aliphatic heterocycles. The minimum Gasteiger partial charge on any atom is -0.398 e. The number of hydrogen-bond donors (Lipinski definition) is 1. The van der Waals surface area contributed by atoms with E-state index in [1.807, 2.05) is 35.7 Å². The highest BCUT2D eigenvalue weighted by Crippen LogP contribution is 2.26. The summed E-state index contributed by atoms with van der Waals surface area (Å²) < 4.78 is 0. The zero-order valence-electron chi connectivity index (χ0n) is 8.04. The predicted octanol–water partition coefficient (Wildman–Crippen LogP) is 3.03. The third kappa shape index (κ3) is 3.53. The number of rotatable bonds is 4. The van der Waals surface area contributed by atoms with E-state index in [-0.39, 0.29) is 0 Å². The fourth-order valence-electron chi connectivity index (χ4n) is 1.00. The average Bonchev–Trinajstić information content (AvgIpc) is 2.11. The van der Waals surface area contributed by atoms with Crippen molar-refractivity contribution in [3.63, 3.8) is 0 Å². The molecule has 0 fully saturated rings. The van der Waals surface area contributed by atoms with Crippen molar-refractivity contribution in [2.45, 2.75) is 11.8 Å². The van der Waals surface area contributed by atoms with Crippen LogP contribution in [0.25, 0.3) is 0 Å². The van der Waals surface area contributed by atoms with Gasteiger partial charge in [0.2, 0.25) is 0 Å². The normalized spacial score (nSPS) is 10.3. The van der Waals surface area contributed by atoms with Gasteiger partial charge in [0.15, 0.2) is 0 Å². The van der Waals surface area contributed by atoms with E-state index in [1.165, 1.54) is 16.2 Å². The first-order chi connectivity index (χ1) is 6.24. The zero-order chi connectivity index (χ0) is 9.68. The number of benzene rings is 1. The van der Waals surface area contributed by atoms with E-state index >= 15 is 0 Å². The molecular formula is C10H15NS2. The van der Waals surface area contributed by atoms with Crippen molar-refractivity contribution in [3.8, 4) is 0 Å². The summed E-state index contributed by atoms with van der Waals surface area (Å²) in [6.07, 6.45) is 2.13. The first-order valence-electron chi connectivity index (χ1n) is 4.22. The standard InChI is InChI=1S/C10H15NS2/c1-8-3-4-9(11)10(7-8)13-6-5-12-2/h3-4,7H,5-6,11H2,1-2H3. The van der Waals surface area contributed by atoms with Gasteiger partial charge >= 0.3 is 0 Å². The van der Waals surface area contributed by atoms with Gasteiger partial charge in [-0.25, -0.2) is 0 Å². The molecule has 0 saturated heterocycles. The highest BCUT2D eigenvalue weighted by molar-refractivity contribution is 8.02. The second-order valence-electron chi connectivity index (χ2n) is 2.88. The largest absolute Gasteiger partial charge is 0.398 e. The first-order valence-corrected chi connectivity index (χ1v) is 6.60. The Balaban J connectivity index is 2.59. The van der Waals surface area contributed by atoms with Gasteiger partial charge in [-0.2, -0.15) is 11.8 Å². The second-order valence-corrected chi connectivity index (χ2v) is 5.00. The van der Waals surface area contributed by atoms with Crippen LogP contribution < -0.4 is 5.73 Å². The number of hydrogen-bond acceptors (Lipinski definition) is 3. The molecule has 0 saturated carbocycles. The Morgan fingerprint density at radius 2 is 2.08 bits per heavy atom. The summed E-state index contributed by atoms with van der Waals surface area (Å²) in [6, 6.07) is 6.19. The summed E-state index contributed by atoms with van der Waals surface area (Å²) in [7, 11) is 0. The summed E-state index contributed by atoms with van der Waals surface area (Å²) in [5.41, 5.74) is 8.02. The Bertz CT molecular complexity index is 274. The van der Waals surface area contributed by atoms with E-state index in [9.17, 15) is 0 Å². The van der Waals surface area contributed by atoms with Gasteiger partial charge in [-0.15, -0.1) is 11.8 Å². The average molecular weight is 213 g/mol. The lowest BCUT2D eigenvalue weighted by Gasteiger charge is -2.05. The summed E-state index contributed by atoms with van der Waals surface area (Å²) >= 11 is 3.71. The summed E-state index contributed by atoms with van der Waals surface area (Å²) in [5.74, 6) is 2.31. The van der Waals surface area contributed by atoms with Gasteiger partial charge in [0.25, 0.3) is 0 Å². The fourth-order valence-corrected chi connectivity index (χ4v) is 2.73. The molecule has 0 radical (unpaired) electrons. The molecule has 0 unspecified atom stereocenters. The van der Waals surface area contributed by atoms with Crippen LogP contribution in [0.2, 0.25) is 0 Å². The van der Waals surface area contributed by atoms with E-state index < -0.39 is 0 Å². The van der Waals surface area contributed by atoms with Gasteiger partial charge in [-0.3, -0.25) is 0 Å². The number of nitrogen functional groups attached to an aromatic ring is 1. The van der Waals surface area contributed by atoms with Crippen molar-refractivity contribution in [3.05, 3.63) is 23.8 Å². The summed E-state index contributed by atoms with van der Waals surface area (Å²) in [5, 5.41) is 0. The van der Waals surface area contributed by atoms with E-state index in [0.29, 0.717) is 0 Å². The minimum atomic E-state index is 0.900. The molecule has 1 aromatic rings. The molecule has 0 heterocycles. The predicted molar refractivity (Wildman–Crippen MR) is 64.7 cm³/mol. The van der Waals surface area contributed by atoms with Gasteiger partial charge in [-0.05, 0) is 30.9 Å². The van der Waals surface area contributed by atoms with Gasteiger partial charge in [0, 0.05) is 22.1 Å². The van der Waals surface area contributed by atoms with E-state index in [1.54, 1.807) is 0 Å². The van der Waals surface area contributed by atoms with E-state index in [2.05, 4.69) is 19.2 Å². The molecule has 13 heavy (non-hydrogen) atoms. The first kappa shape index (κ1) is 10.8. The van der Waals surface area contributed by atoms with Crippen molar-refractivity contribution in [1.29, 1.82) is 0 Å². The van der Waals surface area contributed by atoms with E-state index in [4.69, 9.17) is 5.73 Å². The molecule has 0 aromatic heterocycles. The summed E-state index contributed by atoms with van der Waals surface area (Å²) in [4.78, 5) is 1.22. The van der Waals surface area contributed by atoms with Crippen LogP contribution >= 0.6 is 23.5 Å². The van der Waals surface area contributed by atoms with Crippen molar-refractivity contribution in [2.75, 3.05) is 23.5 Å². The Hall–Kier alpha value is -0.280. The van der Waals surface area contributed by atoms with Crippen LogP contribution in [0.15, 0.2) is 23.1 Å². The Labute approximate surface area is 88.5 Å². The topological polar surface area (TPSA) is 26.0 Å². The molecular weight excluding hydrogens is 198 g/mol. The van der Waals surface area contributed by atoms with Crippen molar-refractivity contribution >= 4 is 29.2 Å². The van der Waals surface area contributed by atoms with Crippen LogP contribution in [0, 0.1) is 6.92 Å². The van der Waals surface area contributed by atoms with Gasteiger partial charge in [0.05, 0.1) is 0 Å². The third-order valence-electron chi connectivity index (χ3n) is 1.71. The van der Waals surface area contributed by atoms with Crippen LogP contribution in [-0.4, -0.2) is 17.8 Å². The molecule has 3 heteroatoms. The van der Waals surface area contributed by atoms with Crippen LogP contribution in [0.4, 0.5) is 5.69 Å². The SMILES string of the molecule is CSCCSc1cc(C)ccc1N. The Morgan fingerprint density at radius 3 is 2.77 bits per heavy atom. The maximum atomic E-state index is 5.84. The third-order valence-corrected chi connectivity index (χ3v) is 3.66. The van der Waals surface area contributed by atoms with Crippen LogP contribution in [0.1, 0.15) is 5.56 Å².